The molecule has 1 N–H and O–H groups in total. The average molecular weight is 387 g/mol. The second-order valence-corrected chi connectivity index (χ2v) is 5.62. The molecule has 6 heteroatoms. The van der Waals surface area contributed by atoms with Crippen LogP contribution in [0.25, 0.3) is 10.9 Å². The van der Waals surface area contributed by atoms with Gasteiger partial charge < -0.3 is 14.4 Å². The van der Waals surface area contributed by atoms with Crippen molar-refractivity contribution >= 4 is 39.5 Å². The van der Waals surface area contributed by atoms with Crippen molar-refractivity contribution in [2.24, 2.45) is 0 Å². The van der Waals surface area contributed by atoms with Crippen molar-refractivity contribution in [3.63, 3.8) is 0 Å². The number of hydrogen-bond acceptors (Lipinski definition) is 3. The Morgan fingerprint density at radius 3 is 2.85 bits per heavy atom. The molecule has 0 bridgehead atoms. The summed E-state index contributed by atoms with van der Waals surface area (Å²) in [5, 5.41) is 9.59. The summed E-state index contributed by atoms with van der Waals surface area (Å²) in [4.78, 5) is 23.4. The van der Waals surface area contributed by atoms with Gasteiger partial charge in [0.2, 0.25) is 5.43 Å². The first-order valence-electron chi connectivity index (χ1n) is 6.09. The zero-order chi connectivity index (χ0) is 14.7. The molecule has 2 rings (SSSR count). The zero-order valence-electron chi connectivity index (χ0n) is 10.9. The number of benzene rings is 1. The SMILES string of the molecule is COCCCn1cc(C(=O)O)c(=O)c2cc(I)ccc21. The highest BCUT2D eigenvalue weighted by molar-refractivity contribution is 14.1. The van der Waals surface area contributed by atoms with E-state index < -0.39 is 11.4 Å². The van der Waals surface area contributed by atoms with Crippen LogP contribution in [0.2, 0.25) is 0 Å². The van der Waals surface area contributed by atoms with Gasteiger partial charge in [-0.3, -0.25) is 4.79 Å². The zero-order valence-corrected chi connectivity index (χ0v) is 13.1. The summed E-state index contributed by atoms with van der Waals surface area (Å²) in [6.45, 7) is 1.19. The fourth-order valence-corrected chi connectivity index (χ4v) is 2.58. The predicted octanol–water partition coefficient (Wildman–Crippen LogP) is 2.34. The normalized spacial score (nSPS) is 10.9. The second-order valence-electron chi connectivity index (χ2n) is 4.38. The van der Waals surface area contributed by atoms with E-state index in [-0.39, 0.29) is 5.56 Å². The summed E-state index contributed by atoms with van der Waals surface area (Å²) >= 11 is 2.10. The van der Waals surface area contributed by atoms with Crippen LogP contribution in [0.15, 0.2) is 29.2 Å². The smallest absolute Gasteiger partial charge is 0.341 e. The monoisotopic (exact) mass is 387 g/mol. The number of nitrogens with zero attached hydrogens (tertiary/aromatic N) is 1. The average Bonchev–Trinajstić information content (AvgIpc) is 2.41. The molecule has 0 saturated carbocycles. The van der Waals surface area contributed by atoms with Gasteiger partial charge in [0, 0.05) is 35.4 Å². The molecule has 0 fully saturated rings. The summed E-state index contributed by atoms with van der Waals surface area (Å²) in [7, 11) is 1.62. The molecule has 106 valence electrons. The van der Waals surface area contributed by atoms with Crippen molar-refractivity contribution in [3.05, 3.63) is 43.8 Å². The van der Waals surface area contributed by atoms with Gasteiger partial charge in [0.25, 0.3) is 0 Å². The molecule has 0 aliphatic heterocycles. The molecular formula is C14H14INO4. The fraction of sp³-hybridized carbons (Fsp3) is 0.286. The molecule has 0 unspecified atom stereocenters. The molecule has 0 saturated heterocycles. The molecule has 1 heterocycles. The standard InChI is InChI=1S/C14H14INO4/c1-20-6-2-5-16-8-11(14(18)19)13(17)10-7-9(15)3-4-12(10)16/h3-4,7-8H,2,5-6H2,1H3,(H,18,19). The van der Waals surface area contributed by atoms with Crippen LogP contribution in [-0.2, 0) is 11.3 Å². The number of methoxy groups -OCH3 is 1. The van der Waals surface area contributed by atoms with Gasteiger partial charge in [0.15, 0.2) is 0 Å². The van der Waals surface area contributed by atoms with Crippen molar-refractivity contribution in [1.29, 1.82) is 0 Å². The quantitative estimate of drug-likeness (QED) is 0.632. The highest BCUT2D eigenvalue weighted by Gasteiger charge is 2.14. The molecule has 2 aromatic rings. The van der Waals surface area contributed by atoms with Crippen molar-refractivity contribution in [2.75, 3.05) is 13.7 Å². The van der Waals surface area contributed by atoms with E-state index in [1.165, 1.54) is 6.20 Å². The van der Waals surface area contributed by atoms with Crippen LogP contribution in [0.3, 0.4) is 0 Å². The lowest BCUT2D eigenvalue weighted by Gasteiger charge is -2.12. The number of fused-ring (bicyclic) bond motifs is 1. The fourth-order valence-electron chi connectivity index (χ4n) is 2.09. The Hall–Kier alpha value is -1.41. The minimum Gasteiger partial charge on any atom is -0.477 e. The topological polar surface area (TPSA) is 68.5 Å². The Kier molecular flexibility index (Phi) is 4.77. The summed E-state index contributed by atoms with van der Waals surface area (Å²) in [5.41, 5.74) is 0.113. The van der Waals surface area contributed by atoms with Crippen LogP contribution >= 0.6 is 22.6 Å². The van der Waals surface area contributed by atoms with Crippen LogP contribution < -0.4 is 5.43 Å². The lowest BCUT2D eigenvalue weighted by atomic mass is 10.1. The maximum absolute atomic E-state index is 12.2. The van der Waals surface area contributed by atoms with E-state index in [4.69, 9.17) is 9.84 Å². The molecule has 1 aromatic carbocycles. The maximum atomic E-state index is 12.2. The number of halogens is 1. The number of aromatic nitrogens is 1. The summed E-state index contributed by atoms with van der Waals surface area (Å²) < 4.78 is 7.71. The first-order chi connectivity index (χ1) is 9.54. The lowest BCUT2D eigenvalue weighted by Crippen LogP contribution is -2.19. The number of ether oxygens (including phenoxy) is 1. The molecule has 5 nitrogen and oxygen atoms in total. The molecule has 0 aliphatic rings. The molecular weight excluding hydrogens is 373 g/mol. The minimum atomic E-state index is -1.20. The third-order valence-electron chi connectivity index (χ3n) is 3.02. The number of carboxylic acid groups (broad SMARTS) is 1. The van der Waals surface area contributed by atoms with Gasteiger partial charge in [0.05, 0.1) is 5.52 Å². The summed E-state index contributed by atoms with van der Waals surface area (Å²) in [6.07, 6.45) is 2.16. The van der Waals surface area contributed by atoms with Crippen LogP contribution in [0.1, 0.15) is 16.8 Å². The largest absolute Gasteiger partial charge is 0.477 e. The van der Waals surface area contributed by atoms with E-state index >= 15 is 0 Å². The van der Waals surface area contributed by atoms with E-state index in [1.807, 2.05) is 12.1 Å². The van der Waals surface area contributed by atoms with Gasteiger partial charge in [-0.15, -0.1) is 0 Å². The summed E-state index contributed by atoms with van der Waals surface area (Å²) in [5.74, 6) is -1.20. The van der Waals surface area contributed by atoms with Crippen molar-refractivity contribution in [1.82, 2.24) is 4.57 Å². The molecule has 0 spiro atoms. The van der Waals surface area contributed by atoms with E-state index in [0.717, 1.165) is 15.5 Å². The molecule has 0 amide bonds. The Balaban J connectivity index is 2.63. The number of rotatable bonds is 5. The minimum absolute atomic E-state index is 0.197. The third-order valence-corrected chi connectivity index (χ3v) is 3.69. The van der Waals surface area contributed by atoms with Gasteiger partial charge in [-0.1, -0.05) is 0 Å². The summed E-state index contributed by atoms with van der Waals surface area (Å²) in [6, 6.07) is 5.46. The third kappa shape index (κ3) is 3.01. The van der Waals surface area contributed by atoms with Crippen molar-refractivity contribution < 1.29 is 14.6 Å². The highest BCUT2D eigenvalue weighted by atomic mass is 127. The molecule has 0 aliphatic carbocycles. The lowest BCUT2D eigenvalue weighted by molar-refractivity contribution is 0.0695. The first-order valence-corrected chi connectivity index (χ1v) is 7.17. The number of pyridine rings is 1. The Morgan fingerprint density at radius 1 is 1.45 bits per heavy atom. The molecule has 1 aromatic heterocycles. The van der Waals surface area contributed by atoms with Crippen LogP contribution in [0.4, 0.5) is 0 Å². The Bertz CT molecular complexity index is 708. The Morgan fingerprint density at radius 2 is 2.20 bits per heavy atom. The van der Waals surface area contributed by atoms with Gasteiger partial charge in [-0.25, -0.2) is 4.79 Å². The van der Waals surface area contributed by atoms with Crippen LogP contribution in [0, 0.1) is 3.57 Å². The molecule has 0 atom stereocenters. The predicted molar refractivity (Wildman–Crippen MR) is 84.4 cm³/mol. The highest BCUT2D eigenvalue weighted by Crippen LogP contribution is 2.16. The second kappa shape index (κ2) is 6.36. The van der Waals surface area contributed by atoms with Crippen molar-refractivity contribution in [2.45, 2.75) is 13.0 Å². The number of aryl methyl sites for hydroxylation is 1. The van der Waals surface area contributed by atoms with Crippen molar-refractivity contribution in [3.8, 4) is 0 Å². The van der Waals surface area contributed by atoms with E-state index in [9.17, 15) is 9.59 Å². The van der Waals surface area contributed by atoms with E-state index in [1.54, 1.807) is 17.7 Å². The number of aromatic carboxylic acids is 1. The first kappa shape index (κ1) is 15.0. The van der Waals surface area contributed by atoms with Gasteiger partial charge in [-0.2, -0.15) is 0 Å². The molecule has 20 heavy (non-hydrogen) atoms. The van der Waals surface area contributed by atoms with Crippen LogP contribution in [-0.4, -0.2) is 29.4 Å². The van der Waals surface area contributed by atoms with Crippen LogP contribution in [0.5, 0.6) is 0 Å². The number of carbonyl (C=O) groups is 1. The Labute approximate surface area is 129 Å². The number of hydrogen-bond donors (Lipinski definition) is 1. The van der Waals surface area contributed by atoms with Gasteiger partial charge in [0.1, 0.15) is 5.56 Å². The number of carboxylic acids is 1. The maximum Gasteiger partial charge on any atom is 0.341 e. The van der Waals surface area contributed by atoms with E-state index in [0.29, 0.717) is 18.5 Å². The van der Waals surface area contributed by atoms with Gasteiger partial charge >= 0.3 is 5.97 Å². The van der Waals surface area contributed by atoms with Gasteiger partial charge in [-0.05, 0) is 47.2 Å². The van der Waals surface area contributed by atoms with E-state index in [2.05, 4.69) is 22.6 Å². The molecule has 0 radical (unpaired) electrons.